The van der Waals surface area contributed by atoms with E-state index in [2.05, 4.69) is 4.72 Å². The predicted molar refractivity (Wildman–Crippen MR) is 120 cm³/mol. The minimum absolute atomic E-state index is 0.0787. The number of hydrogen-bond donors (Lipinski definition) is 1. The van der Waals surface area contributed by atoms with Gasteiger partial charge >= 0.3 is 11.6 Å². The highest BCUT2D eigenvalue weighted by molar-refractivity contribution is 7.89. The Balaban J connectivity index is 1.66. The lowest BCUT2D eigenvalue weighted by Crippen LogP contribution is -2.42. The maximum atomic E-state index is 13.0. The summed E-state index contributed by atoms with van der Waals surface area (Å²) in [6.07, 6.45) is 2.36. The largest absolute Gasteiger partial charge is 0.425 e. The first-order valence-electron chi connectivity index (χ1n) is 10.6. The van der Waals surface area contributed by atoms with E-state index in [0.717, 1.165) is 23.1 Å². The lowest BCUT2D eigenvalue weighted by molar-refractivity contribution is -0.136. The molecule has 168 valence electrons. The van der Waals surface area contributed by atoms with Crippen LogP contribution in [-0.2, 0) is 27.7 Å². The molecular formula is C24H25NO6S. The molecule has 1 aliphatic carbocycles. The van der Waals surface area contributed by atoms with Crippen molar-refractivity contribution in [1.29, 1.82) is 0 Å². The number of carbonyl (C=O) groups excluding carboxylic acids is 1. The summed E-state index contributed by atoms with van der Waals surface area (Å²) in [4.78, 5) is 25.4. The van der Waals surface area contributed by atoms with Crippen LogP contribution in [0, 0.1) is 13.8 Å². The van der Waals surface area contributed by atoms with Crippen molar-refractivity contribution in [2.45, 2.75) is 57.4 Å². The molecule has 0 aliphatic heterocycles. The number of esters is 1. The third-order valence-corrected chi connectivity index (χ3v) is 7.20. The van der Waals surface area contributed by atoms with E-state index in [4.69, 9.17) is 9.15 Å². The first-order chi connectivity index (χ1) is 15.2. The van der Waals surface area contributed by atoms with Gasteiger partial charge in [-0.25, -0.2) is 18.0 Å². The van der Waals surface area contributed by atoms with E-state index in [-0.39, 0.29) is 22.7 Å². The molecule has 8 heteroatoms. The Morgan fingerprint density at radius 1 is 1.09 bits per heavy atom. The monoisotopic (exact) mass is 455 g/mol. The maximum Gasteiger partial charge on any atom is 0.339 e. The highest BCUT2D eigenvalue weighted by Gasteiger charge is 2.28. The highest BCUT2D eigenvalue weighted by atomic mass is 32.2. The quantitative estimate of drug-likeness (QED) is 0.346. The first kappa shape index (κ1) is 22.2. The summed E-state index contributed by atoms with van der Waals surface area (Å²) in [6, 6.07) is 8.76. The van der Waals surface area contributed by atoms with Gasteiger partial charge in [0.1, 0.15) is 17.4 Å². The van der Waals surface area contributed by atoms with Crippen molar-refractivity contribution >= 4 is 27.0 Å². The van der Waals surface area contributed by atoms with E-state index in [0.29, 0.717) is 29.4 Å². The second kappa shape index (κ2) is 8.52. The summed E-state index contributed by atoms with van der Waals surface area (Å²) in [5.74, 6) is -0.437. The van der Waals surface area contributed by atoms with Crippen molar-refractivity contribution in [3.05, 3.63) is 69.1 Å². The lowest BCUT2D eigenvalue weighted by Gasteiger charge is -2.18. The standard InChI is InChI=1S/C24H25NO6S/c1-4-19(25-32(28,29)16-10-8-14(2)9-11-16)24(27)31-21-13-15(3)12-20-22(21)17-6-5-7-18(17)23(26)30-20/h8-13,19,25H,4-7H2,1-3H3. The topological polar surface area (TPSA) is 103 Å². The van der Waals surface area contributed by atoms with Crippen LogP contribution in [0.25, 0.3) is 11.0 Å². The minimum Gasteiger partial charge on any atom is -0.425 e. The van der Waals surface area contributed by atoms with E-state index in [1.54, 1.807) is 38.1 Å². The summed E-state index contributed by atoms with van der Waals surface area (Å²) in [6.45, 7) is 5.37. The summed E-state index contributed by atoms with van der Waals surface area (Å²) >= 11 is 0. The van der Waals surface area contributed by atoms with E-state index in [9.17, 15) is 18.0 Å². The molecule has 1 atom stereocenters. The maximum absolute atomic E-state index is 13.0. The molecular weight excluding hydrogens is 430 g/mol. The number of fused-ring (bicyclic) bond motifs is 3. The third-order valence-electron chi connectivity index (χ3n) is 5.71. The Bertz CT molecular complexity index is 1360. The van der Waals surface area contributed by atoms with Crippen LogP contribution >= 0.6 is 0 Å². The number of benzene rings is 2. The summed E-state index contributed by atoms with van der Waals surface area (Å²) in [7, 11) is -3.90. The molecule has 4 rings (SSSR count). The van der Waals surface area contributed by atoms with Gasteiger partial charge in [0.15, 0.2) is 0 Å². The van der Waals surface area contributed by atoms with E-state index in [1.165, 1.54) is 12.1 Å². The fourth-order valence-electron chi connectivity index (χ4n) is 4.04. The van der Waals surface area contributed by atoms with Gasteiger partial charge in [-0.2, -0.15) is 4.72 Å². The van der Waals surface area contributed by atoms with Crippen LogP contribution in [0.3, 0.4) is 0 Å². The second-order valence-electron chi connectivity index (χ2n) is 8.15. The van der Waals surface area contributed by atoms with Crippen molar-refractivity contribution in [3.63, 3.8) is 0 Å². The van der Waals surface area contributed by atoms with Gasteiger partial charge in [0, 0.05) is 5.56 Å². The predicted octanol–water partition coefficient (Wildman–Crippen LogP) is 3.56. The van der Waals surface area contributed by atoms with Gasteiger partial charge in [0.05, 0.1) is 10.3 Å². The molecule has 1 N–H and O–H groups in total. The molecule has 1 unspecified atom stereocenters. The van der Waals surface area contributed by atoms with E-state index >= 15 is 0 Å². The number of carbonyl (C=O) groups is 1. The molecule has 1 aliphatic rings. The van der Waals surface area contributed by atoms with Crippen LogP contribution in [-0.4, -0.2) is 20.4 Å². The fraction of sp³-hybridized carbons (Fsp3) is 0.333. The average molecular weight is 456 g/mol. The fourth-order valence-corrected chi connectivity index (χ4v) is 5.30. The zero-order chi connectivity index (χ0) is 23.0. The number of rotatable bonds is 6. The van der Waals surface area contributed by atoms with Gasteiger partial charge < -0.3 is 9.15 Å². The van der Waals surface area contributed by atoms with Gasteiger partial charge in [-0.15, -0.1) is 0 Å². The highest BCUT2D eigenvalue weighted by Crippen LogP contribution is 2.35. The minimum atomic E-state index is -3.90. The Labute approximate surface area is 186 Å². The van der Waals surface area contributed by atoms with Crippen molar-refractivity contribution in [3.8, 4) is 5.75 Å². The molecule has 1 heterocycles. The summed E-state index contributed by atoms with van der Waals surface area (Å²) < 4.78 is 39.1. The van der Waals surface area contributed by atoms with Gasteiger partial charge in [0.25, 0.3) is 0 Å². The van der Waals surface area contributed by atoms with Gasteiger partial charge in [-0.05, 0) is 74.9 Å². The smallest absolute Gasteiger partial charge is 0.339 e. The second-order valence-corrected chi connectivity index (χ2v) is 9.87. The number of hydrogen-bond acceptors (Lipinski definition) is 6. The number of aryl methyl sites for hydroxylation is 3. The molecule has 0 radical (unpaired) electrons. The van der Waals surface area contributed by atoms with Crippen molar-refractivity contribution in [1.82, 2.24) is 4.72 Å². The van der Waals surface area contributed by atoms with Crippen molar-refractivity contribution < 1.29 is 22.4 Å². The van der Waals surface area contributed by atoms with Gasteiger partial charge in [0.2, 0.25) is 10.0 Å². The number of ether oxygens (including phenoxy) is 1. The first-order valence-corrected chi connectivity index (χ1v) is 12.1. The molecule has 7 nitrogen and oxygen atoms in total. The Morgan fingerprint density at radius 3 is 2.47 bits per heavy atom. The summed E-state index contributed by atoms with van der Waals surface area (Å²) in [5, 5.41) is 0.604. The number of sulfonamides is 1. The van der Waals surface area contributed by atoms with Crippen LogP contribution in [0.4, 0.5) is 0 Å². The van der Waals surface area contributed by atoms with Crippen LogP contribution in [0.15, 0.2) is 50.5 Å². The molecule has 1 aromatic heterocycles. The molecule has 0 fully saturated rings. The van der Waals surface area contributed by atoms with Crippen molar-refractivity contribution in [2.75, 3.05) is 0 Å². The third kappa shape index (κ3) is 4.20. The van der Waals surface area contributed by atoms with E-state index < -0.39 is 22.0 Å². The number of nitrogens with one attached hydrogen (secondary N) is 1. The molecule has 32 heavy (non-hydrogen) atoms. The van der Waals surface area contributed by atoms with Gasteiger partial charge in [-0.1, -0.05) is 24.6 Å². The average Bonchev–Trinajstić information content (AvgIpc) is 3.22. The molecule has 0 saturated carbocycles. The molecule has 0 spiro atoms. The molecule has 0 saturated heterocycles. The Kier molecular flexibility index (Phi) is 5.92. The van der Waals surface area contributed by atoms with Crippen molar-refractivity contribution in [2.24, 2.45) is 0 Å². The van der Waals surface area contributed by atoms with Crippen LogP contribution in [0.1, 0.15) is 42.0 Å². The lowest BCUT2D eigenvalue weighted by atomic mass is 10.0. The van der Waals surface area contributed by atoms with Gasteiger partial charge in [-0.3, -0.25) is 0 Å². The molecule has 2 aromatic carbocycles. The van der Waals surface area contributed by atoms with Crippen LogP contribution in [0.5, 0.6) is 5.75 Å². The van der Waals surface area contributed by atoms with Crippen LogP contribution < -0.4 is 15.1 Å². The summed E-state index contributed by atoms with van der Waals surface area (Å²) in [5.41, 5.74) is 3.16. The van der Waals surface area contributed by atoms with E-state index in [1.807, 2.05) is 6.92 Å². The normalized spacial score (nSPS) is 14.3. The molecule has 0 bridgehead atoms. The Hall–Kier alpha value is -2.97. The molecule has 0 amide bonds. The zero-order valence-electron chi connectivity index (χ0n) is 18.2. The van der Waals surface area contributed by atoms with Crippen LogP contribution in [0.2, 0.25) is 0 Å². The Morgan fingerprint density at radius 2 is 1.78 bits per heavy atom. The zero-order valence-corrected chi connectivity index (χ0v) is 19.0. The SMILES string of the molecule is CCC(NS(=O)(=O)c1ccc(C)cc1)C(=O)Oc1cc(C)cc2oc(=O)c3c(c12)CCC3. The molecule has 3 aromatic rings.